The third-order valence-electron chi connectivity index (χ3n) is 8.59. The van der Waals surface area contributed by atoms with Gasteiger partial charge in [-0.25, -0.2) is 4.98 Å². The molecule has 2 aliphatic heterocycles. The highest BCUT2D eigenvalue weighted by Gasteiger charge is 2.49. The molecule has 2 aromatic carbocycles. The number of hydrogen-bond donors (Lipinski definition) is 1. The van der Waals surface area contributed by atoms with Crippen molar-refractivity contribution in [2.45, 2.75) is 84.3 Å². The van der Waals surface area contributed by atoms with Crippen molar-refractivity contribution in [3.63, 3.8) is 0 Å². The van der Waals surface area contributed by atoms with Gasteiger partial charge in [0.05, 0.1) is 17.9 Å². The third kappa shape index (κ3) is 4.77. The number of amides is 2. The molecule has 0 aliphatic carbocycles. The van der Waals surface area contributed by atoms with Crippen molar-refractivity contribution >= 4 is 11.8 Å². The normalized spacial score (nSPS) is 22.5. The molecule has 3 heterocycles. The Balaban J connectivity index is 1.37. The molecule has 0 radical (unpaired) electrons. The molecule has 2 amide bonds. The quantitative estimate of drug-likeness (QED) is 0.406. The largest absolute Gasteiger partial charge is 0.340 e. The second-order valence-electron chi connectivity index (χ2n) is 12.5. The number of aryl methyl sites for hydroxylation is 1. The van der Waals surface area contributed by atoms with Crippen LogP contribution in [0.5, 0.6) is 0 Å². The van der Waals surface area contributed by atoms with Gasteiger partial charge in [-0.05, 0) is 82.9 Å². The summed E-state index contributed by atoms with van der Waals surface area (Å²) in [5.74, 6) is 0.142. The minimum absolute atomic E-state index is 0.206. The van der Waals surface area contributed by atoms with Crippen molar-refractivity contribution in [1.29, 1.82) is 0 Å². The van der Waals surface area contributed by atoms with Gasteiger partial charge < -0.3 is 14.8 Å². The number of carbonyl (C=O) groups excluding carboxylic acids is 2. The van der Waals surface area contributed by atoms with Gasteiger partial charge >= 0.3 is 11.8 Å². The highest BCUT2D eigenvalue weighted by Crippen LogP contribution is 2.41. The smallest absolute Gasteiger partial charge is 0.313 e. The number of likely N-dealkylation sites (tertiary alicyclic amines) is 2. The van der Waals surface area contributed by atoms with Crippen LogP contribution in [0.1, 0.15) is 77.7 Å². The fourth-order valence-corrected chi connectivity index (χ4v) is 6.58. The standard InChI is InChI=1S/C32H40N4O2/c1-21-8-10-23(11-9-21)24-12-14-25(15-13-24)26-20-33-28(34-26)27-22(2)16-19-35(27)29(37)30(38)36-31(3,4)17-7-18-32(36,5)6/h8-15,20,22,27H,7,16-19H2,1-6H3,(H,33,34)/t22-,27-/m0/s1. The number of aromatic amines is 1. The number of aromatic nitrogens is 2. The number of nitrogens with zero attached hydrogens (tertiary/aromatic N) is 3. The molecule has 2 fully saturated rings. The van der Waals surface area contributed by atoms with Gasteiger partial charge in [0, 0.05) is 17.6 Å². The van der Waals surface area contributed by atoms with Crippen molar-refractivity contribution in [3.8, 4) is 22.4 Å². The van der Waals surface area contributed by atoms with E-state index >= 15 is 0 Å². The second-order valence-corrected chi connectivity index (χ2v) is 12.5. The van der Waals surface area contributed by atoms with E-state index in [0.717, 1.165) is 48.3 Å². The molecular weight excluding hydrogens is 472 g/mol. The number of nitrogens with one attached hydrogen (secondary N) is 1. The van der Waals surface area contributed by atoms with Gasteiger partial charge in [0.15, 0.2) is 0 Å². The average molecular weight is 513 g/mol. The molecule has 2 aliphatic rings. The van der Waals surface area contributed by atoms with Crippen molar-refractivity contribution < 1.29 is 9.59 Å². The van der Waals surface area contributed by atoms with Gasteiger partial charge in [-0.1, -0.05) is 61.0 Å². The Kier molecular flexibility index (Phi) is 6.70. The predicted molar refractivity (Wildman–Crippen MR) is 151 cm³/mol. The van der Waals surface area contributed by atoms with E-state index in [4.69, 9.17) is 4.98 Å². The number of imidazole rings is 1. The van der Waals surface area contributed by atoms with Crippen LogP contribution in [0.15, 0.2) is 54.7 Å². The summed E-state index contributed by atoms with van der Waals surface area (Å²) in [5, 5.41) is 0. The van der Waals surface area contributed by atoms with Gasteiger partial charge in [-0.2, -0.15) is 0 Å². The van der Waals surface area contributed by atoms with Crippen LogP contribution in [0.3, 0.4) is 0 Å². The van der Waals surface area contributed by atoms with Crippen LogP contribution in [0, 0.1) is 12.8 Å². The zero-order valence-corrected chi connectivity index (χ0v) is 23.5. The van der Waals surface area contributed by atoms with Gasteiger partial charge in [0.25, 0.3) is 0 Å². The molecule has 0 spiro atoms. The predicted octanol–water partition coefficient (Wildman–Crippen LogP) is 6.53. The molecule has 1 N–H and O–H groups in total. The van der Waals surface area contributed by atoms with Crippen LogP contribution >= 0.6 is 0 Å². The Labute approximate surface area is 226 Å². The number of benzene rings is 2. The summed E-state index contributed by atoms with van der Waals surface area (Å²) in [4.78, 5) is 39.2. The van der Waals surface area contributed by atoms with Gasteiger partial charge in [0.1, 0.15) is 5.82 Å². The number of hydrogen-bond acceptors (Lipinski definition) is 3. The number of piperidine rings is 1. The summed E-state index contributed by atoms with van der Waals surface area (Å²) in [6.07, 6.45) is 5.54. The monoisotopic (exact) mass is 512 g/mol. The molecule has 6 heteroatoms. The molecule has 2 atom stereocenters. The van der Waals surface area contributed by atoms with E-state index < -0.39 is 11.8 Å². The van der Waals surface area contributed by atoms with E-state index in [9.17, 15) is 9.59 Å². The Morgan fingerprint density at radius 3 is 2.03 bits per heavy atom. The van der Waals surface area contributed by atoms with Gasteiger partial charge in [-0.3, -0.25) is 9.59 Å². The Morgan fingerprint density at radius 2 is 1.42 bits per heavy atom. The molecular formula is C32H40N4O2. The first-order valence-corrected chi connectivity index (χ1v) is 13.9. The lowest BCUT2D eigenvalue weighted by Gasteiger charge is -2.52. The fraction of sp³-hybridized carbons (Fsp3) is 0.469. The van der Waals surface area contributed by atoms with Crippen LogP contribution in [-0.2, 0) is 9.59 Å². The lowest BCUT2D eigenvalue weighted by molar-refractivity contribution is -0.163. The molecule has 1 aromatic heterocycles. The summed E-state index contributed by atoms with van der Waals surface area (Å²) in [6.45, 7) is 13.1. The van der Waals surface area contributed by atoms with Crippen molar-refractivity contribution in [2.75, 3.05) is 6.54 Å². The molecule has 0 saturated carbocycles. The van der Waals surface area contributed by atoms with Gasteiger partial charge in [0.2, 0.25) is 0 Å². The third-order valence-corrected chi connectivity index (χ3v) is 8.59. The summed E-state index contributed by atoms with van der Waals surface area (Å²) in [6, 6.07) is 16.7. The van der Waals surface area contributed by atoms with E-state index in [1.54, 1.807) is 4.90 Å². The van der Waals surface area contributed by atoms with Crippen molar-refractivity contribution in [1.82, 2.24) is 19.8 Å². The topological polar surface area (TPSA) is 69.3 Å². The summed E-state index contributed by atoms with van der Waals surface area (Å²) in [5.41, 5.74) is 4.84. The van der Waals surface area contributed by atoms with E-state index in [0.29, 0.717) is 6.54 Å². The zero-order valence-electron chi connectivity index (χ0n) is 23.5. The first-order valence-electron chi connectivity index (χ1n) is 13.9. The van der Waals surface area contributed by atoms with Crippen LogP contribution in [0.4, 0.5) is 0 Å². The van der Waals surface area contributed by atoms with E-state index in [2.05, 4.69) is 95.1 Å². The van der Waals surface area contributed by atoms with E-state index in [1.165, 1.54) is 11.1 Å². The first kappa shape index (κ1) is 26.2. The maximum absolute atomic E-state index is 13.7. The molecule has 0 bridgehead atoms. The number of H-pyrrole nitrogens is 1. The molecule has 2 saturated heterocycles. The van der Waals surface area contributed by atoms with E-state index in [-0.39, 0.29) is 23.0 Å². The summed E-state index contributed by atoms with van der Waals surface area (Å²) in [7, 11) is 0. The maximum atomic E-state index is 13.7. The van der Waals surface area contributed by atoms with Gasteiger partial charge in [-0.15, -0.1) is 0 Å². The molecule has 0 unspecified atom stereocenters. The van der Waals surface area contributed by atoms with Crippen LogP contribution < -0.4 is 0 Å². The lowest BCUT2D eigenvalue weighted by Crippen LogP contribution is -2.64. The second kappa shape index (κ2) is 9.72. The highest BCUT2D eigenvalue weighted by atomic mass is 16.2. The fourth-order valence-electron chi connectivity index (χ4n) is 6.58. The summed E-state index contributed by atoms with van der Waals surface area (Å²) >= 11 is 0. The molecule has 200 valence electrons. The lowest BCUT2D eigenvalue weighted by atomic mass is 9.79. The van der Waals surface area contributed by atoms with Crippen molar-refractivity contribution in [3.05, 3.63) is 66.1 Å². The number of carbonyl (C=O) groups is 2. The molecule has 38 heavy (non-hydrogen) atoms. The zero-order chi connectivity index (χ0) is 27.2. The minimum atomic E-state index is -0.414. The van der Waals surface area contributed by atoms with E-state index in [1.807, 2.05) is 11.1 Å². The maximum Gasteiger partial charge on any atom is 0.313 e. The minimum Gasteiger partial charge on any atom is -0.340 e. The van der Waals surface area contributed by atoms with Crippen LogP contribution in [0.25, 0.3) is 22.4 Å². The average Bonchev–Trinajstić information content (AvgIpc) is 3.49. The van der Waals surface area contributed by atoms with Crippen molar-refractivity contribution in [2.24, 2.45) is 5.92 Å². The first-order chi connectivity index (χ1) is 18.0. The summed E-state index contributed by atoms with van der Waals surface area (Å²) < 4.78 is 0. The Hall–Kier alpha value is -3.41. The Bertz CT molecular complexity index is 1300. The molecule has 3 aromatic rings. The number of rotatable bonds is 3. The molecule has 6 nitrogen and oxygen atoms in total. The highest BCUT2D eigenvalue weighted by molar-refractivity contribution is 6.35. The van der Waals surface area contributed by atoms with Crippen LogP contribution in [-0.4, -0.2) is 49.2 Å². The SMILES string of the molecule is Cc1ccc(-c2ccc(-c3cnc([C@@H]4[C@@H](C)CCN4C(=O)C(=O)N4C(C)(C)CCCC4(C)C)[nH]3)cc2)cc1. The van der Waals surface area contributed by atoms with Crippen LogP contribution in [0.2, 0.25) is 0 Å². The Morgan fingerprint density at radius 1 is 0.868 bits per heavy atom. The molecule has 5 rings (SSSR count).